The molecule has 0 saturated carbocycles. The fraction of sp³-hybridized carbons (Fsp3) is 0.0476. The zero-order valence-corrected chi connectivity index (χ0v) is 47.4. The Morgan fingerprint density at radius 1 is 0.143 bits per heavy atom. The van der Waals surface area contributed by atoms with Crippen LogP contribution in [-0.2, 0) is 0 Å². The van der Waals surface area contributed by atoms with Gasteiger partial charge in [0.2, 0.25) is 0 Å². The minimum Gasteiger partial charge on any atom is -0.0622 e. The number of benzene rings is 15. The van der Waals surface area contributed by atoms with Gasteiger partial charge in [0.15, 0.2) is 0 Å². The van der Waals surface area contributed by atoms with Crippen molar-refractivity contribution in [3.05, 3.63) is 289 Å². The summed E-state index contributed by atoms with van der Waals surface area (Å²) in [6.45, 7) is 8.76. The highest BCUT2D eigenvalue weighted by atomic mass is 14.4. The Bertz CT molecular complexity index is 4520. The predicted molar refractivity (Wildman–Crippen MR) is 359 cm³/mol. The summed E-state index contributed by atoms with van der Waals surface area (Å²) in [7, 11) is 0. The summed E-state index contributed by atoms with van der Waals surface area (Å²) in [5, 5.41) is 10.5. The van der Waals surface area contributed by atoms with Gasteiger partial charge in [-0.05, 0) is 204 Å². The molecular formula is C84H56. The summed E-state index contributed by atoms with van der Waals surface area (Å²) in [6, 6.07) is 102. The van der Waals surface area contributed by atoms with E-state index in [2.05, 4.69) is 295 Å². The van der Waals surface area contributed by atoms with Gasteiger partial charge in [-0.15, -0.1) is 0 Å². The molecule has 0 radical (unpaired) electrons. The van der Waals surface area contributed by atoms with Gasteiger partial charge in [-0.1, -0.05) is 289 Å². The summed E-state index contributed by atoms with van der Waals surface area (Å²) in [5.74, 6) is 0. The van der Waals surface area contributed by atoms with Gasteiger partial charge in [-0.2, -0.15) is 0 Å². The molecule has 0 nitrogen and oxygen atoms in total. The number of fused-ring (bicyclic) bond motifs is 8. The van der Waals surface area contributed by atoms with Gasteiger partial charge in [0.25, 0.3) is 0 Å². The van der Waals surface area contributed by atoms with Crippen LogP contribution in [0.2, 0.25) is 0 Å². The molecule has 0 atom stereocenters. The quantitative estimate of drug-likeness (QED) is 0.105. The van der Waals surface area contributed by atoms with Crippen LogP contribution < -0.4 is 0 Å². The van der Waals surface area contributed by atoms with E-state index in [0.717, 1.165) is 0 Å². The van der Waals surface area contributed by atoms with Crippen molar-refractivity contribution >= 4 is 43.1 Å². The molecule has 15 aromatic carbocycles. The number of hydrogen-bond donors (Lipinski definition) is 0. The lowest BCUT2D eigenvalue weighted by Gasteiger charge is -2.26. The lowest BCUT2D eigenvalue weighted by molar-refractivity contribution is 1.45. The summed E-state index contributed by atoms with van der Waals surface area (Å²) < 4.78 is 0. The summed E-state index contributed by atoms with van der Waals surface area (Å²) >= 11 is 0. The molecule has 0 N–H and O–H groups in total. The van der Waals surface area contributed by atoms with Crippen LogP contribution in [-0.4, -0.2) is 0 Å². The van der Waals surface area contributed by atoms with Crippen molar-refractivity contribution in [2.75, 3.05) is 0 Å². The highest BCUT2D eigenvalue weighted by molar-refractivity contribution is 6.42. The van der Waals surface area contributed by atoms with Crippen molar-refractivity contribution in [3.8, 4) is 134 Å². The first kappa shape index (κ1) is 48.3. The Morgan fingerprint density at radius 2 is 0.321 bits per heavy atom. The Balaban J connectivity index is 1.01. The van der Waals surface area contributed by atoms with E-state index in [4.69, 9.17) is 0 Å². The normalized spacial score (nSPS) is 12.0. The Hall–Kier alpha value is -10.4. The fourth-order valence-electron chi connectivity index (χ4n) is 14.9. The molecule has 0 heterocycles. The monoisotopic (exact) mass is 1060 g/mol. The van der Waals surface area contributed by atoms with E-state index in [-0.39, 0.29) is 0 Å². The smallest absolute Gasteiger partial charge is 0.000718 e. The SMILES string of the molecule is Cc1ccc(-c2c(-c3ccc(C)cc3)c(-c3ccccc3)c3c(c2-c2ccccc2)-c2ccc4c5ccc6c7c(ccc(c8ccc-3c2c48)c75)-c2c(-c3ccccc3)c(-c3ccc(C)cc3)c(-c3ccc(C)cc3)c(-c3ccccc3)c2-6)cc1. The van der Waals surface area contributed by atoms with E-state index in [0.29, 0.717) is 0 Å². The van der Waals surface area contributed by atoms with E-state index in [1.54, 1.807) is 0 Å². The van der Waals surface area contributed by atoms with Crippen LogP contribution in [0.25, 0.3) is 177 Å². The minimum absolute atomic E-state index is 1.21. The van der Waals surface area contributed by atoms with Gasteiger partial charge in [0.1, 0.15) is 0 Å². The maximum absolute atomic E-state index is 2.48. The van der Waals surface area contributed by atoms with Gasteiger partial charge >= 0.3 is 0 Å². The van der Waals surface area contributed by atoms with Crippen molar-refractivity contribution in [1.82, 2.24) is 0 Å². The van der Waals surface area contributed by atoms with Crippen LogP contribution in [0.15, 0.2) is 267 Å². The van der Waals surface area contributed by atoms with Crippen LogP contribution in [0.3, 0.4) is 0 Å². The standard InChI is InChI=1S/C84H56/c1-49-25-33-57(34-26-49)69-70(58-35-27-50(2)28-36-58)74(54-19-11-6-12-20-54)82-66-46-42-62-64-44-48-68-80-67(47-43-63(78(64)80)61-41-45-65(79(66)77(61)62)81(82)73(69)53-17-9-5-10-18-53)83-75(55-21-13-7-14-22-55)71(59-37-29-51(3)30-38-59)72(60-39-31-52(4)32-40-60)76(84(68)83)56-23-15-8-16-24-56/h5-48H,1-4H3. The third kappa shape index (κ3) is 7.01. The highest BCUT2D eigenvalue weighted by Crippen LogP contribution is 2.65. The van der Waals surface area contributed by atoms with Crippen molar-refractivity contribution in [3.63, 3.8) is 0 Å². The van der Waals surface area contributed by atoms with E-state index in [9.17, 15) is 0 Å². The van der Waals surface area contributed by atoms with Gasteiger partial charge in [-0.3, -0.25) is 0 Å². The van der Waals surface area contributed by atoms with E-state index in [1.165, 1.54) is 199 Å². The predicted octanol–water partition coefficient (Wildman–Crippen LogP) is 23.6. The zero-order valence-electron chi connectivity index (χ0n) is 47.4. The van der Waals surface area contributed by atoms with Gasteiger partial charge in [-0.25, -0.2) is 0 Å². The van der Waals surface area contributed by atoms with Crippen LogP contribution in [0, 0.1) is 27.7 Å². The topological polar surface area (TPSA) is 0 Å². The second-order valence-corrected chi connectivity index (χ2v) is 23.6. The second kappa shape index (κ2) is 18.6. The summed E-state index contributed by atoms with van der Waals surface area (Å²) in [4.78, 5) is 0. The molecule has 2 aliphatic carbocycles. The van der Waals surface area contributed by atoms with Gasteiger partial charge in [0.05, 0.1) is 0 Å². The molecule has 0 saturated heterocycles. The van der Waals surface area contributed by atoms with Crippen LogP contribution in [0.5, 0.6) is 0 Å². The van der Waals surface area contributed by atoms with Crippen molar-refractivity contribution in [1.29, 1.82) is 0 Å². The maximum Gasteiger partial charge on any atom is -0.000718 e. The number of aryl methyl sites for hydroxylation is 4. The lowest BCUT2D eigenvalue weighted by Crippen LogP contribution is -1.99. The Kier molecular flexibility index (Phi) is 10.7. The molecule has 0 heteroatoms. The van der Waals surface area contributed by atoms with Crippen molar-refractivity contribution in [2.24, 2.45) is 0 Å². The van der Waals surface area contributed by atoms with Gasteiger partial charge < -0.3 is 0 Å². The largest absolute Gasteiger partial charge is 0.0622 e. The van der Waals surface area contributed by atoms with E-state index >= 15 is 0 Å². The molecule has 0 unspecified atom stereocenters. The Morgan fingerprint density at radius 3 is 0.524 bits per heavy atom. The Labute approximate surface area is 490 Å². The molecule has 0 fully saturated rings. The molecule has 84 heavy (non-hydrogen) atoms. The molecule has 0 bridgehead atoms. The average Bonchev–Trinajstić information content (AvgIpc) is 2.17. The van der Waals surface area contributed by atoms with Gasteiger partial charge in [0, 0.05) is 0 Å². The summed E-state index contributed by atoms with van der Waals surface area (Å²) in [5.41, 5.74) is 35.1. The summed E-state index contributed by atoms with van der Waals surface area (Å²) in [6.07, 6.45) is 0. The number of rotatable bonds is 8. The molecular weight excluding hydrogens is 1010 g/mol. The first-order valence-electron chi connectivity index (χ1n) is 29.6. The van der Waals surface area contributed by atoms with Crippen molar-refractivity contribution < 1.29 is 0 Å². The first-order valence-corrected chi connectivity index (χ1v) is 29.6. The first-order chi connectivity index (χ1) is 41.4. The molecule has 17 rings (SSSR count). The zero-order chi connectivity index (χ0) is 55.9. The van der Waals surface area contributed by atoms with Crippen molar-refractivity contribution in [2.45, 2.75) is 27.7 Å². The van der Waals surface area contributed by atoms with E-state index < -0.39 is 0 Å². The second-order valence-electron chi connectivity index (χ2n) is 23.6. The van der Waals surface area contributed by atoms with E-state index in [1.807, 2.05) is 0 Å². The van der Waals surface area contributed by atoms with Crippen LogP contribution in [0.1, 0.15) is 22.3 Å². The maximum atomic E-state index is 2.48. The third-order valence-electron chi connectivity index (χ3n) is 18.6. The molecule has 0 amide bonds. The number of hydrogen-bond acceptors (Lipinski definition) is 0. The minimum atomic E-state index is 1.21. The van der Waals surface area contributed by atoms with Crippen LogP contribution in [0.4, 0.5) is 0 Å². The molecule has 2 aliphatic rings. The molecule has 0 aliphatic heterocycles. The molecule has 0 spiro atoms. The fourth-order valence-corrected chi connectivity index (χ4v) is 14.9. The lowest BCUT2D eigenvalue weighted by atomic mass is 9.76. The molecule has 0 aromatic heterocycles. The molecule has 392 valence electrons. The average molecular weight is 1070 g/mol. The molecule has 15 aromatic rings. The van der Waals surface area contributed by atoms with Crippen LogP contribution >= 0.6 is 0 Å². The highest BCUT2D eigenvalue weighted by Gasteiger charge is 2.38. The third-order valence-corrected chi connectivity index (χ3v) is 18.6.